The van der Waals surface area contributed by atoms with E-state index >= 15 is 0 Å². The Labute approximate surface area is 202 Å². The van der Waals surface area contributed by atoms with E-state index in [4.69, 9.17) is 8.83 Å². The van der Waals surface area contributed by atoms with Gasteiger partial charge in [-0.25, -0.2) is 9.37 Å². The van der Waals surface area contributed by atoms with E-state index in [2.05, 4.69) is 32.9 Å². The normalized spacial score (nSPS) is 11.3. The van der Waals surface area contributed by atoms with E-state index in [1.807, 2.05) is 24.3 Å². The zero-order valence-corrected chi connectivity index (χ0v) is 19.2. The zero-order valence-electron chi connectivity index (χ0n) is 17.1. The molecule has 5 rings (SSSR count). The van der Waals surface area contributed by atoms with Gasteiger partial charge < -0.3 is 14.2 Å². The predicted molar refractivity (Wildman–Crippen MR) is 134 cm³/mol. The molecule has 0 atom stereocenters. The first kappa shape index (κ1) is 21.1. The minimum absolute atomic E-state index is 0.308. The SMILES string of the molecule is O=C(/C=C/c1ccc(-c2ccc(F)cc2)o1)Nc1ccc2oc(-c3cccc(I)c3)nc2c1. The van der Waals surface area contributed by atoms with E-state index in [0.717, 1.165) is 14.7 Å². The smallest absolute Gasteiger partial charge is 0.248 e. The van der Waals surface area contributed by atoms with Crippen LogP contribution in [0.3, 0.4) is 0 Å². The van der Waals surface area contributed by atoms with Gasteiger partial charge in [0.15, 0.2) is 5.58 Å². The van der Waals surface area contributed by atoms with Crippen molar-refractivity contribution < 1.29 is 18.0 Å². The Morgan fingerprint density at radius 2 is 1.79 bits per heavy atom. The van der Waals surface area contributed by atoms with Crippen LogP contribution in [0.5, 0.6) is 0 Å². The maximum atomic E-state index is 13.1. The summed E-state index contributed by atoms with van der Waals surface area (Å²) >= 11 is 2.24. The molecule has 0 bridgehead atoms. The third-order valence-electron chi connectivity index (χ3n) is 4.88. The van der Waals surface area contributed by atoms with Gasteiger partial charge in [0, 0.05) is 26.5 Å². The fraction of sp³-hybridized carbons (Fsp3) is 0. The van der Waals surface area contributed by atoms with Crippen LogP contribution in [0, 0.1) is 9.39 Å². The fourth-order valence-corrected chi connectivity index (χ4v) is 3.85. The molecule has 1 amide bonds. The van der Waals surface area contributed by atoms with E-state index < -0.39 is 0 Å². The van der Waals surface area contributed by atoms with Crippen LogP contribution in [0.1, 0.15) is 5.76 Å². The predicted octanol–water partition coefficient (Wildman–Crippen LogP) is 7.15. The quantitative estimate of drug-likeness (QED) is 0.187. The molecule has 2 heterocycles. The molecule has 0 aliphatic carbocycles. The van der Waals surface area contributed by atoms with Crippen LogP contribution in [0.25, 0.3) is 40.0 Å². The van der Waals surface area contributed by atoms with Crippen molar-refractivity contribution >= 4 is 51.4 Å². The number of hydrogen-bond acceptors (Lipinski definition) is 4. The number of aromatic nitrogens is 1. The van der Waals surface area contributed by atoms with Crippen LogP contribution in [-0.4, -0.2) is 10.9 Å². The Bertz CT molecular complexity index is 1490. The number of benzene rings is 3. The number of amides is 1. The molecule has 3 aromatic carbocycles. The Balaban J connectivity index is 1.28. The van der Waals surface area contributed by atoms with E-state index in [9.17, 15) is 9.18 Å². The van der Waals surface area contributed by atoms with E-state index in [1.165, 1.54) is 18.2 Å². The molecule has 7 heteroatoms. The maximum absolute atomic E-state index is 13.1. The second-order valence-corrected chi connectivity index (χ2v) is 8.49. The van der Waals surface area contributed by atoms with Crippen LogP contribution >= 0.6 is 22.6 Å². The van der Waals surface area contributed by atoms with Gasteiger partial charge in [-0.3, -0.25) is 4.79 Å². The monoisotopic (exact) mass is 550 g/mol. The summed E-state index contributed by atoms with van der Waals surface area (Å²) in [6.45, 7) is 0. The number of nitrogens with one attached hydrogen (secondary N) is 1. The second-order valence-electron chi connectivity index (χ2n) is 7.24. The number of anilines is 1. The molecule has 0 radical (unpaired) electrons. The van der Waals surface area contributed by atoms with Crippen LogP contribution in [-0.2, 0) is 4.79 Å². The number of carbonyl (C=O) groups is 1. The highest BCUT2D eigenvalue weighted by Gasteiger charge is 2.10. The highest BCUT2D eigenvalue weighted by molar-refractivity contribution is 14.1. The van der Waals surface area contributed by atoms with E-state index in [0.29, 0.717) is 34.2 Å². The number of halogens is 2. The van der Waals surface area contributed by atoms with E-state index in [1.54, 1.807) is 48.5 Å². The molecular weight excluding hydrogens is 534 g/mol. The summed E-state index contributed by atoms with van der Waals surface area (Å²) < 4.78 is 25.7. The number of oxazole rings is 1. The standard InChI is InChI=1S/C26H16FIN2O3/c27-18-6-4-16(5-7-18)23-12-9-21(32-23)10-13-25(31)29-20-8-11-24-22(15-20)30-26(33-24)17-2-1-3-19(28)14-17/h1-15H,(H,29,31)/b13-10+. The Hall–Kier alpha value is -3.72. The van der Waals surface area contributed by atoms with Crippen molar-refractivity contribution in [1.82, 2.24) is 4.98 Å². The summed E-state index contributed by atoms with van der Waals surface area (Å²) in [5.41, 5.74) is 3.55. The number of carbonyl (C=O) groups excluding carboxylic acids is 1. The molecule has 33 heavy (non-hydrogen) atoms. The van der Waals surface area contributed by atoms with Crippen LogP contribution < -0.4 is 5.32 Å². The lowest BCUT2D eigenvalue weighted by molar-refractivity contribution is -0.111. The van der Waals surface area contributed by atoms with Crippen molar-refractivity contribution in [3.05, 3.63) is 100 Å². The molecular formula is C26H16FIN2O3. The molecule has 0 spiro atoms. The highest BCUT2D eigenvalue weighted by Crippen LogP contribution is 2.27. The molecule has 1 N–H and O–H groups in total. The van der Waals surface area contributed by atoms with Crippen LogP contribution in [0.15, 0.2) is 93.8 Å². The molecule has 5 aromatic rings. The van der Waals surface area contributed by atoms with Crippen molar-refractivity contribution in [2.45, 2.75) is 0 Å². The van der Waals surface area contributed by atoms with Crippen molar-refractivity contribution in [1.29, 1.82) is 0 Å². The molecule has 0 saturated heterocycles. The zero-order chi connectivity index (χ0) is 22.8. The molecule has 0 fully saturated rings. The number of fused-ring (bicyclic) bond motifs is 1. The topological polar surface area (TPSA) is 68.3 Å². The first-order valence-corrected chi connectivity index (χ1v) is 11.1. The number of hydrogen-bond donors (Lipinski definition) is 1. The lowest BCUT2D eigenvalue weighted by atomic mass is 10.2. The van der Waals surface area contributed by atoms with Gasteiger partial charge in [-0.05, 0) is 101 Å². The largest absolute Gasteiger partial charge is 0.457 e. The Morgan fingerprint density at radius 3 is 2.61 bits per heavy atom. The summed E-state index contributed by atoms with van der Waals surface area (Å²) in [5.74, 6) is 1.02. The van der Waals surface area contributed by atoms with Crippen LogP contribution in [0.4, 0.5) is 10.1 Å². The van der Waals surface area contributed by atoms with Crippen LogP contribution in [0.2, 0.25) is 0 Å². The molecule has 0 aliphatic heterocycles. The Morgan fingerprint density at radius 1 is 0.939 bits per heavy atom. The Kier molecular flexibility index (Phi) is 5.78. The lowest BCUT2D eigenvalue weighted by Gasteiger charge is -2.00. The van der Waals surface area contributed by atoms with Gasteiger partial charge in [0.25, 0.3) is 0 Å². The lowest BCUT2D eigenvalue weighted by Crippen LogP contribution is -2.07. The summed E-state index contributed by atoms with van der Waals surface area (Å²) in [6, 6.07) is 22.7. The average Bonchev–Trinajstić information content (AvgIpc) is 3.45. The van der Waals surface area contributed by atoms with E-state index in [-0.39, 0.29) is 11.7 Å². The minimum Gasteiger partial charge on any atom is -0.457 e. The van der Waals surface area contributed by atoms with Gasteiger partial charge in [0.1, 0.15) is 22.9 Å². The van der Waals surface area contributed by atoms with Gasteiger partial charge >= 0.3 is 0 Å². The molecule has 0 saturated carbocycles. The van der Waals surface area contributed by atoms with Crippen molar-refractivity contribution in [3.8, 4) is 22.8 Å². The average molecular weight is 550 g/mol. The second kappa shape index (κ2) is 9.03. The van der Waals surface area contributed by atoms with Crippen molar-refractivity contribution in [3.63, 3.8) is 0 Å². The fourth-order valence-electron chi connectivity index (χ4n) is 3.30. The summed E-state index contributed by atoms with van der Waals surface area (Å²) in [6.07, 6.45) is 2.96. The van der Waals surface area contributed by atoms with Crippen molar-refractivity contribution in [2.75, 3.05) is 5.32 Å². The first-order valence-electron chi connectivity index (χ1n) is 10.0. The maximum Gasteiger partial charge on any atom is 0.248 e. The van der Waals surface area contributed by atoms with Gasteiger partial charge in [0.05, 0.1) is 0 Å². The highest BCUT2D eigenvalue weighted by atomic mass is 127. The van der Waals surface area contributed by atoms with Gasteiger partial charge in [-0.15, -0.1) is 0 Å². The summed E-state index contributed by atoms with van der Waals surface area (Å²) in [7, 11) is 0. The van der Waals surface area contributed by atoms with Gasteiger partial charge in [-0.2, -0.15) is 0 Å². The number of nitrogens with zero attached hydrogens (tertiary/aromatic N) is 1. The van der Waals surface area contributed by atoms with Gasteiger partial charge in [0.2, 0.25) is 11.8 Å². The molecule has 5 nitrogen and oxygen atoms in total. The molecule has 0 aliphatic rings. The third kappa shape index (κ3) is 4.88. The summed E-state index contributed by atoms with van der Waals surface area (Å²) in [4.78, 5) is 16.9. The van der Waals surface area contributed by atoms with Crippen molar-refractivity contribution in [2.24, 2.45) is 0 Å². The number of rotatable bonds is 5. The van der Waals surface area contributed by atoms with Gasteiger partial charge in [-0.1, -0.05) is 6.07 Å². The third-order valence-corrected chi connectivity index (χ3v) is 5.55. The minimum atomic E-state index is -0.310. The number of furan rings is 1. The first-order chi connectivity index (χ1) is 16.0. The molecule has 2 aromatic heterocycles. The summed E-state index contributed by atoms with van der Waals surface area (Å²) in [5, 5.41) is 2.82. The molecule has 162 valence electrons. The molecule has 0 unspecified atom stereocenters.